The monoisotopic (exact) mass is 212 g/mol. The van der Waals surface area contributed by atoms with E-state index in [1.165, 1.54) is 0 Å². The molecular weight excluding hydrogens is 204 g/mol. The summed E-state index contributed by atoms with van der Waals surface area (Å²) in [6.07, 6.45) is 0. The van der Waals surface area contributed by atoms with Crippen molar-refractivity contribution in [1.82, 2.24) is 4.98 Å². The van der Waals surface area contributed by atoms with Crippen LogP contribution in [-0.4, -0.2) is 22.5 Å². The van der Waals surface area contributed by atoms with Gasteiger partial charge in [0.05, 0.1) is 11.5 Å². The van der Waals surface area contributed by atoms with Gasteiger partial charge in [0.2, 0.25) is 0 Å². The summed E-state index contributed by atoms with van der Waals surface area (Å²) < 4.78 is 4.60. The highest BCUT2D eigenvalue weighted by Crippen LogP contribution is 2.03. The number of carbonyl (C=O) groups excluding carboxylic acids is 1. The first-order valence-corrected chi connectivity index (χ1v) is 4.11. The molecule has 1 aromatic rings. The second kappa shape index (κ2) is 4.36. The third-order valence-corrected chi connectivity index (χ3v) is 1.58. The molecule has 0 amide bonds. The summed E-state index contributed by atoms with van der Waals surface area (Å²) in [5.41, 5.74) is -1.64. The summed E-state index contributed by atoms with van der Waals surface area (Å²) in [7, 11) is 0. The Bertz CT molecular complexity index is 451. The van der Waals surface area contributed by atoms with Crippen LogP contribution < -0.4 is 5.56 Å². The highest BCUT2D eigenvalue weighted by molar-refractivity contribution is 5.87. The van der Waals surface area contributed by atoms with Crippen LogP contribution in [0.5, 0.6) is 0 Å². The number of pyridine rings is 1. The number of ether oxygens (including phenoxy) is 1. The number of rotatable bonds is 3. The van der Waals surface area contributed by atoms with Gasteiger partial charge in [0.1, 0.15) is 5.69 Å². The Labute approximate surface area is 83.8 Å². The van der Waals surface area contributed by atoms with E-state index in [0.717, 1.165) is 12.1 Å². The SMILES string of the molecule is CCOC(=O)c1ccc([N+](=O)[O-])c(=O)[nH]1. The van der Waals surface area contributed by atoms with Gasteiger partial charge in [-0.1, -0.05) is 0 Å². The third kappa shape index (κ3) is 2.39. The number of esters is 1. The summed E-state index contributed by atoms with van der Waals surface area (Å²) >= 11 is 0. The van der Waals surface area contributed by atoms with Gasteiger partial charge >= 0.3 is 17.2 Å². The van der Waals surface area contributed by atoms with Gasteiger partial charge in [0.25, 0.3) is 0 Å². The largest absolute Gasteiger partial charge is 0.461 e. The van der Waals surface area contributed by atoms with E-state index < -0.39 is 22.1 Å². The van der Waals surface area contributed by atoms with Crippen molar-refractivity contribution < 1.29 is 14.5 Å². The molecule has 0 aromatic carbocycles. The van der Waals surface area contributed by atoms with Crippen molar-refractivity contribution >= 4 is 11.7 Å². The van der Waals surface area contributed by atoms with Crippen LogP contribution in [-0.2, 0) is 4.74 Å². The van der Waals surface area contributed by atoms with Gasteiger partial charge in [0, 0.05) is 6.07 Å². The number of nitrogens with zero attached hydrogens (tertiary/aromatic N) is 1. The standard InChI is InChI=1S/C8H8N2O5/c1-2-15-8(12)5-3-4-6(10(13)14)7(11)9-5/h3-4H,2H2,1H3,(H,9,11). The lowest BCUT2D eigenvalue weighted by molar-refractivity contribution is -0.386. The number of nitro groups is 1. The normalized spacial score (nSPS) is 9.67. The second-order valence-corrected chi connectivity index (χ2v) is 2.56. The van der Waals surface area contributed by atoms with Crippen molar-refractivity contribution in [2.24, 2.45) is 0 Å². The summed E-state index contributed by atoms with van der Waals surface area (Å²) in [5, 5.41) is 10.3. The molecule has 0 atom stereocenters. The summed E-state index contributed by atoms with van der Waals surface area (Å²) in [5.74, 6) is -0.718. The maximum absolute atomic E-state index is 11.1. The van der Waals surface area contributed by atoms with Crippen molar-refractivity contribution in [3.8, 4) is 0 Å². The van der Waals surface area contributed by atoms with Crippen LogP contribution in [0.15, 0.2) is 16.9 Å². The Morgan fingerprint density at radius 2 is 2.27 bits per heavy atom. The number of hydrogen-bond donors (Lipinski definition) is 1. The molecule has 0 aliphatic heterocycles. The third-order valence-electron chi connectivity index (χ3n) is 1.58. The summed E-state index contributed by atoms with van der Waals surface area (Å²) in [4.78, 5) is 33.7. The van der Waals surface area contributed by atoms with Crippen LogP contribution >= 0.6 is 0 Å². The first kappa shape index (κ1) is 10.9. The molecule has 0 spiro atoms. The van der Waals surface area contributed by atoms with E-state index in [9.17, 15) is 19.7 Å². The van der Waals surface area contributed by atoms with E-state index in [1.54, 1.807) is 6.92 Å². The van der Waals surface area contributed by atoms with E-state index in [0.29, 0.717) is 0 Å². The van der Waals surface area contributed by atoms with E-state index in [2.05, 4.69) is 9.72 Å². The van der Waals surface area contributed by atoms with Gasteiger partial charge in [-0.3, -0.25) is 14.9 Å². The quantitative estimate of drug-likeness (QED) is 0.445. The minimum absolute atomic E-state index is 0.104. The van der Waals surface area contributed by atoms with Crippen LogP contribution in [0.1, 0.15) is 17.4 Å². The fraction of sp³-hybridized carbons (Fsp3) is 0.250. The fourth-order valence-corrected chi connectivity index (χ4v) is 0.938. The highest BCUT2D eigenvalue weighted by atomic mass is 16.6. The molecule has 0 unspecified atom stereocenters. The lowest BCUT2D eigenvalue weighted by Gasteiger charge is -2.00. The average molecular weight is 212 g/mol. The molecule has 0 saturated heterocycles. The van der Waals surface area contributed by atoms with Crippen LogP contribution in [0.25, 0.3) is 0 Å². The minimum Gasteiger partial charge on any atom is -0.461 e. The summed E-state index contributed by atoms with van der Waals surface area (Å²) in [6, 6.07) is 2.10. The van der Waals surface area contributed by atoms with Crippen LogP contribution in [0.2, 0.25) is 0 Å². The minimum atomic E-state index is -0.925. The predicted molar refractivity (Wildman–Crippen MR) is 49.7 cm³/mol. The molecule has 1 aromatic heterocycles. The lowest BCUT2D eigenvalue weighted by Crippen LogP contribution is -2.17. The van der Waals surface area contributed by atoms with Gasteiger partial charge in [-0.05, 0) is 13.0 Å². The molecule has 1 N–H and O–H groups in total. The number of carbonyl (C=O) groups is 1. The predicted octanol–water partition coefficient (Wildman–Crippen LogP) is 0.460. The molecule has 0 aliphatic carbocycles. The zero-order chi connectivity index (χ0) is 11.4. The van der Waals surface area contributed by atoms with E-state index in [4.69, 9.17) is 0 Å². The summed E-state index contributed by atoms with van der Waals surface area (Å²) in [6.45, 7) is 1.78. The lowest BCUT2D eigenvalue weighted by atomic mass is 10.3. The molecule has 0 saturated carbocycles. The number of nitrogens with one attached hydrogen (secondary N) is 1. The number of aromatic amines is 1. The Hall–Kier alpha value is -2.18. The Kier molecular flexibility index (Phi) is 3.17. The van der Waals surface area contributed by atoms with Gasteiger partial charge in [-0.25, -0.2) is 4.79 Å². The molecule has 80 valence electrons. The Morgan fingerprint density at radius 1 is 1.60 bits per heavy atom. The molecule has 7 heteroatoms. The topological polar surface area (TPSA) is 102 Å². The van der Waals surface area contributed by atoms with Gasteiger partial charge in [0.15, 0.2) is 0 Å². The van der Waals surface area contributed by atoms with Crippen molar-refractivity contribution in [2.75, 3.05) is 6.61 Å². The zero-order valence-corrected chi connectivity index (χ0v) is 7.85. The first-order valence-electron chi connectivity index (χ1n) is 4.11. The van der Waals surface area contributed by atoms with Crippen molar-refractivity contribution in [2.45, 2.75) is 6.92 Å². The van der Waals surface area contributed by atoms with E-state index in [-0.39, 0.29) is 12.3 Å². The molecular formula is C8H8N2O5. The van der Waals surface area contributed by atoms with Gasteiger partial charge in [-0.2, -0.15) is 0 Å². The number of hydrogen-bond acceptors (Lipinski definition) is 5. The van der Waals surface area contributed by atoms with E-state index in [1.807, 2.05) is 0 Å². The van der Waals surface area contributed by atoms with Crippen molar-refractivity contribution in [1.29, 1.82) is 0 Å². The molecule has 0 fully saturated rings. The maximum atomic E-state index is 11.1. The molecule has 7 nitrogen and oxygen atoms in total. The molecule has 0 aliphatic rings. The zero-order valence-electron chi connectivity index (χ0n) is 7.85. The molecule has 0 bridgehead atoms. The van der Waals surface area contributed by atoms with Gasteiger partial charge < -0.3 is 9.72 Å². The van der Waals surface area contributed by atoms with Crippen molar-refractivity contribution in [3.63, 3.8) is 0 Å². The molecule has 1 rings (SSSR count). The molecule has 0 radical (unpaired) electrons. The average Bonchev–Trinajstić information content (AvgIpc) is 2.17. The highest BCUT2D eigenvalue weighted by Gasteiger charge is 2.15. The second-order valence-electron chi connectivity index (χ2n) is 2.56. The van der Waals surface area contributed by atoms with Crippen LogP contribution in [0, 0.1) is 10.1 Å². The Morgan fingerprint density at radius 3 is 2.73 bits per heavy atom. The number of aromatic nitrogens is 1. The fourth-order valence-electron chi connectivity index (χ4n) is 0.938. The van der Waals surface area contributed by atoms with Crippen LogP contribution in [0.3, 0.4) is 0 Å². The van der Waals surface area contributed by atoms with Crippen molar-refractivity contribution in [3.05, 3.63) is 38.3 Å². The Balaban J connectivity index is 3.07. The first-order chi connectivity index (χ1) is 7.06. The van der Waals surface area contributed by atoms with Gasteiger partial charge in [-0.15, -0.1) is 0 Å². The molecule has 15 heavy (non-hydrogen) atoms. The van der Waals surface area contributed by atoms with Crippen LogP contribution in [0.4, 0.5) is 5.69 Å². The maximum Gasteiger partial charge on any atom is 0.354 e. The molecule has 1 heterocycles. The number of H-pyrrole nitrogens is 1. The van der Waals surface area contributed by atoms with E-state index >= 15 is 0 Å². The smallest absolute Gasteiger partial charge is 0.354 e.